The first-order chi connectivity index (χ1) is 13.5. The van der Waals surface area contributed by atoms with Crippen molar-refractivity contribution in [3.05, 3.63) is 24.3 Å². The average Bonchev–Trinajstić information content (AvgIpc) is 2.65. The first-order valence-corrected chi connectivity index (χ1v) is 10.4. The van der Waals surface area contributed by atoms with E-state index in [1.165, 1.54) is 19.3 Å². The first-order valence-electron chi connectivity index (χ1n) is 10.4. The summed E-state index contributed by atoms with van der Waals surface area (Å²) >= 11 is 0. The summed E-state index contributed by atoms with van der Waals surface area (Å²) in [6.07, 6.45) is 6.73. The van der Waals surface area contributed by atoms with Crippen molar-refractivity contribution in [1.82, 2.24) is 10.2 Å². The molecule has 0 amide bonds. The van der Waals surface area contributed by atoms with Gasteiger partial charge in [-0.15, -0.1) is 0 Å². The number of guanidine groups is 1. The summed E-state index contributed by atoms with van der Waals surface area (Å²) in [5.41, 5.74) is 0.865. The van der Waals surface area contributed by atoms with Gasteiger partial charge in [0, 0.05) is 24.3 Å². The summed E-state index contributed by atoms with van der Waals surface area (Å²) < 4.78 is 5.76. The largest absolute Gasteiger partial charge is 0.494 e. The molecule has 0 heterocycles. The number of anilines is 1. The molecule has 28 heavy (non-hydrogen) atoms. The summed E-state index contributed by atoms with van der Waals surface area (Å²) in [7, 11) is 0. The van der Waals surface area contributed by atoms with Crippen molar-refractivity contribution in [1.29, 1.82) is 5.26 Å². The Kier molecular flexibility index (Phi) is 11.8. The van der Waals surface area contributed by atoms with Gasteiger partial charge in [0.05, 0.1) is 13.2 Å². The number of rotatable bonds is 12. The number of nitrogens with one attached hydrogen (secondary N) is 2. The molecule has 6 heteroatoms. The van der Waals surface area contributed by atoms with Gasteiger partial charge in [-0.05, 0) is 58.4 Å². The molecular weight excluding hydrogens is 350 g/mol. The van der Waals surface area contributed by atoms with Crippen LogP contribution in [0, 0.1) is 11.5 Å². The Labute approximate surface area is 171 Å². The van der Waals surface area contributed by atoms with Crippen LogP contribution in [0.25, 0.3) is 0 Å². The predicted molar refractivity (Wildman–Crippen MR) is 118 cm³/mol. The molecule has 0 aliphatic heterocycles. The van der Waals surface area contributed by atoms with Gasteiger partial charge in [-0.3, -0.25) is 15.2 Å². The van der Waals surface area contributed by atoms with E-state index in [1.807, 2.05) is 30.5 Å². The zero-order valence-electron chi connectivity index (χ0n) is 18.2. The van der Waals surface area contributed by atoms with E-state index in [0.717, 1.165) is 31.0 Å². The van der Waals surface area contributed by atoms with Crippen LogP contribution in [0.1, 0.15) is 60.3 Å². The minimum atomic E-state index is 0.461. The van der Waals surface area contributed by atoms with Gasteiger partial charge < -0.3 is 10.1 Å². The number of hydrogen-bond acceptors (Lipinski definition) is 4. The molecule has 0 saturated heterocycles. The molecule has 0 radical (unpaired) electrons. The number of unbranched alkanes of at least 4 members (excludes halogenated alkanes) is 3. The lowest BCUT2D eigenvalue weighted by atomic mass is 10.2. The molecule has 0 aliphatic rings. The molecule has 0 bridgehead atoms. The average molecular weight is 388 g/mol. The third kappa shape index (κ3) is 9.61. The molecular formula is C22H37N5O. The summed E-state index contributed by atoms with van der Waals surface area (Å²) in [5, 5.41) is 14.8. The van der Waals surface area contributed by atoms with E-state index in [-0.39, 0.29) is 0 Å². The Morgan fingerprint density at radius 1 is 1.11 bits per heavy atom. The minimum Gasteiger partial charge on any atom is -0.494 e. The second kappa shape index (κ2) is 13.8. The van der Waals surface area contributed by atoms with Crippen LogP contribution in [-0.4, -0.2) is 42.6 Å². The maximum Gasteiger partial charge on any atom is 0.209 e. The van der Waals surface area contributed by atoms with E-state index in [0.29, 0.717) is 24.6 Å². The second-order valence-corrected chi connectivity index (χ2v) is 7.45. The highest BCUT2D eigenvalue weighted by atomic mass is 16.5. The van der Waals surface area contributed by atoms with Gasteiger partial charge in [0.25, 0.3) is 0 Å². The SMILES string of the molecule is CCCCCCOc1ccc(NC(=NCCN(C(C)C)C(C)C)NC#N)cc1. The van der Waals surface area contributed by atoms with Crippen LogP contribution in [0.4, 0.5) is 5.69 Å². The molecule has 6 nitrogen and oxygen atoms in total. The molecule has 1 rings (SSSR count). The quantitative estimate of drug-likeness (QED) is 0.180. The third-order valence-electron chi connectivity index (χ3n) is 4.51. The zero-order valence-corrected chi connectivity index (χ0v) is 18.2. The minimum absolute atomic E-state index is 0.461. The first kappa shape index (κ1) is 23.8. The predicted octanol–water partition coefficient (Wildman–Crippen LogP) is 4.60. The van der Waals surface area contributed by atoms with Gasteiger partial charge in [-0.25, -0.2) is 0 Å². The molecule has 0 spiro atoms. The Balaban J connectivity index is 2.55. The Hall–Kier alpha value is -2.26. The van der Waals surface area contributed by atoms with E-state index in [2.05, 4.69) is 55.1 Å². The van der Waals surface area contributed by atoms with Crippen molar-refractivity contribution in [2.45, 2.75) is 72.4 Å². The fourth-order valence-electron chi connectivity index (χ4n) is 3.04. The molecule has 0 unspecified atom stereocenters. The van der Waals surface area contributed by atoms with Gasteiger partial charge >= 0.3 is 0 Å². The summed E-state index contributed by atoms with van der Waals surface area (Å²) in [6, 6.07) is 8.67. The highest BCUT2D eigenvalue weighted by Crippen LogP contribution is 2.16. The number of ether oxygens (including phenoxy) is 1. The van der Waals surface area contributed by atoms with Crippen LogP contribution >= 0.6 is 0 Å². The molecule has 2 N–H and O–H groups in total. The number of benzene rings is 1. The lowest BCUT2D eigenvalue weighted by Crippen LogP contribution is -2.39. The van der Waals surface area contributed by atoms with Gasteiger partial charge in [0.1, 0.15) is 5.75 Å². The fourth-order valence-corrected chi connectivity index (χ4v) is 3.04. The molecule has 156 valence electrons. The van der Waals surface area contributed by atoms with Gasteiger partial charge in [-0.2, -0.15) is 5.26 Å². The highest BCUT2D eigenvalue weighted by Gasteiger charge is 2.12. The molecule has 0 fully saturated rings. The van der Waals surface area contributed by atoms with Crippen LogP contribution < -0.4 is 15.4 Å². The summed E-state index contributed by atoms with van der Waals surface area (Å²) in [6.45, 7) is 13.2. The van der Waals surface area contributed by atoms with Gasteiger partial charge in [0.15, 0.2) is 6.19 Å². The molecule has 0 aliphatic carbocycles. The van der Waals surface area contributed by atoms with E-state index in [1.54, 1.807) is 0 Å². The lowest BCUT2D eigenvalue weighted by molar-refractivity contribution is 0.181. The standard InChI is InChI=1S/C22H37N5O/c1-6-7-8-9-16-28-21-12-10-20(11-13-21)26-22(25-17-23)24-14-15-27(18(2)3)19(4)5/h10-13,18-19H,6-9,14-16H2,1-5H3,(H2,24,25,26). The van der Waals surface area contributed by atoms with Crippen molar-refractivity contribution in [3.8, 4) is 11.9 Å². The Morgan fingerprint density at radius 2 is 1.79 bits per heavy atom. The van der Waals surface area contributed by atoms with Crippen LogP contribution in [0.5, 0.6) is 5.75 Å². The lowest BCUT2D eigenvalue weighted by Gasteiger charge is -2.29. The van der Waals surface area contributed by atoms with E-state index in [9.17, 15) is 0 Å². The van der Waals surface area contributed by atoms with Crippen molar-refractivity contribution < 1.29 is 4.74 Å². The van der Waals surface area contributed by atoms with Gasteiger partial charge in [0.2, 0.25) is 5.96 Å². The van der Waals surface area contributed by atoms with Crippen molar-refractivity contribution in [2.75, 3.05) is 25.0 Å². The molecule has 0 aromatic heterocycles. The van der Waals surface area contributed by atoms with E-state index < -0.39 is 0 Å². The number of hydrogen-bond donors (Lipinski definition) is 2. The molecule has 0 atom stereocenters. The normalized spacial score (nSPS) is 11.8. The highest BCUT2D eigenvalue weighted by molar-refractivity contribution is 5.94. The van der Waals surface area contributed by atoms with Crippen molar-refractivity contribution in [2.24, 2.45) is 4.99 Å². The second-order valence-electron chi connectivity index (χ2n) is 7.45. The fraction of sp³-hybridized carbons (Fsp3) is 0.636. The van der Waals surface area contributed by atoms with Crippen LogP contribution in [0.3, 0.4) is 0 Å². The van der Waals surface area contributed by atoms with E-state index >= 15 is 0 Å². The smallest absolute Gasteiger partial charge is 0.209 e. The summed E-state index contributed by atoms with van der Waals surface area (Å²) in [4.78, 5) is 6.89. The Bertz CT molecular complexity index is 596. The van der Waals surface area contributed by atoms with Crippen molar-refractivity contribution >= 4 is 11.6 Å². The number of aliphatic imine (C=N–C) groups is 1. The van der Waals surface area contributed by atoms with Crippen molar-refractivity contribution in [3.63, 3.8) is 0 Å². The monoisotopic (exact) mass is 387 g/mol. The number of nitriles is 1. The summed E-state index contributed by atoms with van der Waals surface area (Å²) in [5.74, 6) is 1.32. The van der Waals surface area contributed by atoms with Crippen LogP contribution in [0.2, 0.25) is 0 Å². The van der Waals surface area contributed by atoms with Crippen LogP contribution in [-0.2, 0) is 0 Å². The van der Waals surface area contributed by atoms with Gasteiger partial charge in [-0.1, -0.05) is 26.2 Å². The third-order valence-corrected chi connectivity index (χ3v) is 4.51. The maximum absolute atomic E-state index is 8.99. The zero-order chi connectivity index (χ0) is 20.8. The molecule has 0 saturated carbocycles. The Morgan fingerprint density at radius 3 is 2.36 bits per heavy atom. The number of nitrogens with zero attached hydrogens (tertiary/aromatic N) is 3. The topological polar surface area (TPSA) is 72.7 Å². The molecule has 1 aromatic carbocycles. The molecule has 1 aromatic rings. The van der Waals surface area contributed by atoms with Crippen LogP contribution in [0.15, 0.2) is 29.3 Å². The maximum atomic E-state index is 8.99. The van der Waals surface area contributed by atoms with E-state index in [4.69, 9.17) is 10.00 Å².